The Kier molecular flexibility index (Phi) is 5.65. The van der Waals surface area contributed by atoms with Gasteiger partial charge in [-0.15, -0.1) is 11.3 Å². The Morgan fingerprint density at radius 1 is 1.24 bits per heavy atom. The second-order valence-electron chi connectivity index (χ2n) is 9.19. The van der Waals surface area contributed by atoms with Crippen LogP contribution in [0.2, 0.25) is 0 Å². The minimum Gasteiger partial charge on any atom is -0.384 e. The monoisotopic (exact) mass is 471 g/mol. The number of hydrogen-bond donors (Lipinski definition) is 1. The van der Waals surface area contributed by atoms with Crippen LogP contribution in [0.4, 0.5) is 18.9 Å². The number of aryl methyl sites for hydroxylation is 1. The van der Waals surface area contributed by atoms with Crippen LogP contribution in [0.1, 0.15) is 54.8 Å². The molecule has 1 aromatic heterocycles. The van der Waals surface area contributed by atoms with Gasteiger partial charge in [-0.1, -0.05) is 26.8 Å². The molecule has 33 heavy (non-hydrogen) atoms. The fourth-order valence-electron chi connectivity index (χ4n) is 4.65. The molecule has 172 valence electrons. The number of nitrogens with zero attached hydrogens (tertiary/aromatic N) is 2. The van der Waals surface area contributed by atoms with E-state index in [0.717, 1.165) is 28.3 Å². The molecule has 2 N–H and O–H groups in total. The van der Waals surface area contributed by atoms with Gasteiger partial charge in [-0.05, 0) is 48.6 Å². The Morgan fingerprint density at radius 2 is 1.97 bits per heavy atom. The van der Waals surface area contributed by atoms with Crippen LogP contribution in [0, 0.1) is 16.7 Å². The number of carbonyl (C=O) groups is 1. The predicted molar refractivity (Wildman–Crippen MR) is 122 cm³/mol. The molecule has 1 atom stereocenters. The molecule has 4 rings (SSSR count). The second-order valence-corrected chi connectivity index (χ2v) is 10.4. The van der Waals surface area contributed by atoms with Crippen LogP contribution in [0.25, 0.3) is 0 Å². The quantitative estimate of drug-likeness (QED) is 0.573. The van der Waals surface area contributed by atoms with E-state index in [2.05, 4.69) is 6.07 Å². The van der Waals surface area contributed by atoms with Crippen molar-refractivity contribution in [3.05, 3.63) is 74.4 Å². The lowest BCUT2D eigenvalue weighted by molar-refractivity contribution is -0.137. The van der Waals surface area contributed by atoms with Gasteiger partial charge in [0.15, 0.2) is 5.78 Å². The summed E-state index contributed by atoms with van der Waals surface area (Å²) in [6.07, 6.45) is -2.96. The Bertz CT molecular complexity index is 1230. The number of carbonyl (C=O) groups excluding carboxylic acids is 1. The number of rotatable bonds is 3. The molecule has 8 heteroatoms. The maximum atomic E-state index is 13.4. The molecule has 2 aliphatic rings. The van der Waals surface area contributed by atoms with E-state index in [0.29, 0.717) is 24.1 Å². The van der Waals surface area contributed by atoms with Crippen molar-refractivity contribution < 1.29 is 18.0 Å². The molecule has 0 saturated carbocycles. The summed E-state index contributed by atoms with van der Waals surface area (Å²) in [5.74, 6) is -0.645. The number of nitrogens with two attached hydrogens (primary N) is 1. The molecule has 1 unspecified atom stereocenters. The molecule has 2 heterocycles. The molecule has 0 bridgehead atoms. The zero-order valence-electron chi connectivity index (χ0n) is 18.6. The van der Waals surface area contributed by atoms with Crippen molar-refractivity contribution >= 4 is 22.8 Å². The average molecular weight is 472 g/mol. The first kappa shape index (κ1) is 23.1. The summed E-state index contributed by atoms with van der Waals surface area (Å²) >= 11 is 1.53. The summed E-state index contributed by atoms with van der Waals surface area (Å²) in [6.45, 7) is 5.93. The van der Waals surface area contributed by atoms with E-state index in [-0.39, 0.29) is 22.9 Å². The number of allylic oxidation sites excluding steroid dienone is 3. The Balaban J connectivity index is 1.98. The number of nitriles is 1. The van der Waals surface area contributed by atoms with Gasteiger partial charge in [0, 0.05) is 33.1 Å². The third kappa shape index (κ3) is 4.06. The molecule has 0 amide bonds. The van der Waals surface area contributed by atoms with Gasteiger partial charge >= 0.3 is 6.18 Å². The first-order chi connectivity index (χ1) is 15.5. The van der Waals surface area contributed by atoms with E-state index in [1.807, 2.05) is 32.9 Å². The molecular weight excluding hydrogens is 447 g/mol. The fourth-order valence-corrected chi connectivity index (χ4v) is 5.72. The minimum atomic E-state index is -4.53. The first-order valence-electron chi connectivity index (χ1n) is 10.7. The van der Waals surface area contributed by atoms with Crippen molar-refractivity contribution in [3.63, 3.8) is 0 Å². The van der Waals surface area contributed by atoms with Crippen LogP contribution >= 0.6 is 11.3 Å². The molecule has 4 nitrogen and oxygen atoms in total. The van der Waals surface area contributed by atoms with Gasteiger partial charge in [-0.25, -0.2) is 0 Å². The van der Waals surface area contributed by atoms with E-state index in [9.17, 15) is 23.2 Å². The molecule has 0 fully saturated rings. The van der Waals surface area contributed by atoms with Crippen molar-refractivity contribution in [2.75, 3.05) is 4.90 Å². The highest BCUT2D eigenvalue weighted by molar-refractivity contribution is 7.12. The lowest BCUT2D eigenvalue weighted by atomic mass is 9.69. The normalized spacial score (nSPS) is 20.7. The topological polar surface area (TPSA) is 70.1 Å². The smallest absolute Gasteiger partial charge is 0.384 e. The molecule has 0 spiro atoms. The van der Waals surface area contributed by atoms with Crippen molar-refractivity contribution in [2.45, 2.75) is 52.1 Å². The van der Waals surface area contributed by atoms with E-state index in [1.54, 1.807) is 0 Å². The van der Waals surface area contributed by atoms with Gasteiger partial charge in [0.25, 0.3) is 0 Å². The van der Waals surface area contributed by atoms with Gasteiger partial charge in [0.05, 0.1) is 23.1 Å². The van der Waals surface area contributed by atoms with Crippen LogP contribution in [-0.2, 0) is 17.4 Å². The SMILES string of the molecule is CCc1ccc(C2C(C#N)=C(N)N(c3cccc(C(F)(F)F)c3)C3=C2C(=O)CC(C)(C)C3)s1. The zero-order chi connectivity index (χ0) is 24.1. The van der Waals surface area contributed by atoms with Gasteiger partial charge < -0.3 is 5.73 Å². The lowest BCUT2D eigenvalue weighted by Crippen LogP contribution is -2.42. The van der Waals surface area contributed by atoms with Crippen LogP contribution in [0.5, 0.6) is 0 Å². The standard InChI is InChI=1S/C25H24F3N3OS/c1-4-16-8-9-20(33-16)21-17(13-29)23(30)31(15-7-5-6-14(10-15)25(26,27)28)18-11-24(2,3)12-19(32)22(18)21/h5-10,21H,4,11-12,30H2,1-3H3. The third-order valence-electron chi connectivity index (χ3n) is 6.13. The summed E-state index contributed by atoms with van der Waals surface area (Å²) in [6, 6.07) is 10.9. The number of hydrogen-bond acceptors (Lipinski definition) is 5. The van der Waals surface area contributed by atoms with Gasteiger partial charge in [-0.2, -0.15) is 18.4 Å². The van der Waals surface area contributed by atoms with Gasteiger partial charge in [0.1, 0.15) is 5.82 Å². The Morgan fingerprint density at radius 3 is 2.58 bits per heavy atom. The highest BCUT2D eigenvalue weighted by Crippen LogP contribution is 2.51. The van der Waals surface area contributed by atoms with E-state index in [4.69, 9.17) is 5.73 Å². The maximum absolute atomic E-state index is 13.4. The molecule has 1 aliphatic heterocycles. The fraction of sp³-hybridized carbons (Fsp3) is 0.360. The molecule has 2 aromatic rings. The number of thiophene rings is 1. The number of halogens is 3. The first-order valence-corrected chi connectivity index (χ1v) is 11.5. The van der Waals surface area contributed by atoms with E-state index >= 15 is 0 Å². The van der Waals surface area contributed by atoms with Crippen LogP contribution in [0.3, 0.4) is 0 Å². The van der Waals surface area contributed by atoms with Crippen LogP contribution < -0.4 is 10.6 Å². The summed E-state index contributed by atoms with van der Waals surface area (Å²) in [7, 11) is 0. The van der Waals surface area contributed by atoms with Gasteiger partial charge in [-0.3, -0.25) is 9.69 Å². The summed E-state index contributed by atoms with van der Waals surface area (Å²) in [5, 5.41) is 10.1. The van der Waals surface area contributed by atoms with Crippen molar-refractivity contribution in [2.24, 2.45) is 11.1 Å². The number of alkyl halides is 3. The van der Waals surface area contributed by atoms with Gasteiger partial charge in [0.2, 0.25) is 0 Å². The van der Waals surface area contributed by atoms with Crippen LogP contribution in [0.15, 0.2) is 59.1 Å². The Labute approximate surface area is 194 Å². The summed E-state index contributed by atoms with van der Waals surface area (Å²) in [4.78, 5) is 16.9. The van der Waals surface area contributed by atoms with E-state index in [1.165, 1.54) is 28.4 Å². The third-order valence-corrected chi connectivity index (χ3v) is 7.42. The summed E-state index contributed by atoms with van der Waals surface area (Å²) in [5.41, 5.74) is 6.69. The maximum Gasteiger partial charge on any atom is 0.416 e. The number of Topliss-reactive ketones (excluding diaryl/α,β-unsaturated/α-hetero) is 1. The number of anilines is 1. The molecule has 0 saturated heterocycles. The largest absolute Gasteiger partial charge is 0.416 e. The number of benzene rings is 1. The summed E-state index contributed by atoms with van der Waals surface area (Å²) < 4.78 is 40.3. The predicted octanol–water partition coefficient (Wildman–Crippen LogP) is 6.27. The second kappa shape index (κ2) is 8.07. The highest BCUT2D eigenvalue weighted by Gasteiger charge is 2.45. The van der Waals surface area contributed by atoms with Crippen molar-refractivity contribution in [3.8, 4) is 6.07 Å². The minimum absolute atomic E-state index is 0.0672. The van der Waals surface area contributed by atoms with Crippen molar-refractivity contribution in [1.29, 1.82) is 5.26 Å². The zero-order valence-corrected chi connectivity index (χ0v) is 19.4. The van der Waals surface area contributed by atoms with Crippen molar-refractivity contribution in [1.82, 2.24) is 0 Å². The molecule has 0 radical (unpaired) electrons. The average Bonchev–Trinajstić information content (AvgIpc) is 3.20. The Hall–Kier alpha value is -3.05. The highest BCUT2D eigenvalue weighted by atomic mass is 32.1. The molecular formula is C25H24F3N3OS. The number of ketones is 1. The van der Waals surface area contributed by atoms with Crippen LogP contribution in [-0.4, -0.2) is 5.78 Å². The molecule has 1 aliphatic carbocycles. The van der Waals surface area contributed by atoms with E-state index < -0.39 is 23.1 Å². The lowest BCUT2D eigenvalue weighted by Gasteiger charge is -2.43. The molecule has 1 aromatic carbocycles.